The minimum Gasteiger partial charge on any atom is -0.469 e. The first-order valence-corrected chi connectivity index (χ1v) is 7.21. The molecule has 1 rings (SSSR count). The molecule has 1 aromatic rings. The first-order valence-electron chi connectivity index (χ1n) is 6.42. The number of ether oxygens (including phenoxy) is 1. The molecule has 0 aliphatic carbocycles. The molecule has 0 unspecified atom stereocenters. The molecule has 0 aliphatic rings. The predicted molar refractivity (Wildman–Crippen MR) is 79.3 cm³/mol. The Bertz CT molecular complexity index is 477. The molecule has 1 amide bonds. The van der Waals surface area contributed by atoms with Gasteiger partial charge in [-0.15, -0.1) is 0 Å². The van der Waals surface area contributed by atoms with Crippen LogP contribution in [0.25, 0.3) is 0 Å². The Balaban J connectivity index is 2.84. The average Bonchev–Trinajstić information content (AvgIpc) is 2.42. The van der Waals surface area contributed by atoms with Gasteiger partial charge in [-0.05, 0) is 34.0 Å². The standard InChI is InChI=1S/C14H19BrN2O3/c1-10(2)9-17(8-6-12(18)20-3)14(19)13-11(15)5-4-7-16-13/h4-5,7,10H,6,8-9H2,1-3H3. The smallest absolute Gasteiger partial charge is 0.307 e. The monoisotopic (exact) mass is 342 g/mol. The van der Waals surface area contributed by atoms with Gasteiger partial charge in [0.1, 0.15) is 5.69 Å². The molecule has 0 bridgehead atoms. The number of carbonyl (C=O) groups excluding carboxylic acids is 2. The molecule has 0 atom stereocenters. The second-order valence-electron chi connectivity index (χ2n) is 4.80. The second-order valence-corrected chi connectivity index (χ2v) is 5.66. The lowest BCUT2D eigenvalue weighted by Crippen LogP contribution is -2.36. The fourth-order valence-corrected chi connectivity index (χ4v) is 2.16. The summed E-state index contributed by atoms with van der Waals surface area (Å²) in [6, 6.07) is 3.52. The zero-order valence-corrected chi connectivity index (χ0v) is 13.5. The average molecular weight is 343 g/mol. The lowest BCUT2D eigenvalue weighted by molar-refractivity contribution is -0.140. The Kier molecular flexibility index (Phi) is 6.64. The fraction of sp³-hybridized carbons (Fsp3) is 0.500. The van der Waals surface area contributed by atoms with Crippen molar-refractivity contribution in [3.05, 3.63) is 28.5 Å². The van der Waals surface area contributed by atoms with Gasteiger partial charge in [0.05, 0.1) is 13.5 Å². The molecular weight excluding hydrogens is 324 g/mol. The van der Waals surface area contributed by atoms with Crippen molar-refractivity contribution in [3.63, 3.8) is 0 Å². The number of carbonyl (C=O) groups is 2. The van der Waals surface area contributed by atoms with Crippen LogP contribution in [0.5, 0.6) is 0 Å². The number of pyridine rings is 1. The van der Waals surface area contributed by atoms with Crippen LogP contribution in [0.2, 0.25) is 0 Å². The molecule has 0 spiro atoms. The summed E-state index contributed by atoms with van der Waals surface area (Å²) in [7, 11) is 1.34. The van der Waals surface area contributed by atoms with Crippen LogP contribution in [-0.2, 0) is 9.53 Å². The van der Waals surface area contributed by atoms with E-state index in [0.717, 1.165) is 0 Å². The van der Waals surface area contributed by atoms with E-state index in [0.29, 0.717) is 29.2 Å². The van der Waals surface area contributed by atoms with Crippen molar-refractivity contribution in [3.8, 4) is 0 Å². The van der Waals surface area contributed by atoms with Crippen molar-refractivity contribution in [2.75, 3.05) is 20.2 Å². The third kappa shape index (κ3) is 4.92. The van der Waals surface area contributed by atoms with Gasteiger partial charge in [-0.2, -0.15) is 0 Å². The minimum atomic E-state index is -0.327. The Morgan fingerprint density at radius 1 is 1.45 bits per heavy atom. The summed E-state index contributed by atoms with van der Waals surface area (Å²) < 4.78 is 5.26. The summed E-state index contributed by atoms with van der Waals surface area (Å²) in [5.41, 5.74) is 0.359. The van der Waals surface area contributed by atoms with Gasteiger partial charge in [-0.1, -0.05) is 13.8 Å². The normalized spacial score (nSPS) is 10.4. The summed E-state index contributed by atoms with van der Waals surface area (Å²) in [6.45, 7) is 4.93. The van der Waals surface area contributed by atoms with Crippen molar-refractivity contribution in [2.45, 2.75) is 20.3 Å². The van der Waals surface area contributed by atoms with Gasteiger partial charge in [0, 0.05) is 23.8 Å². The zero-order valence-electron chi connectivity index (χ0n) is 11.9. The van der Waals surface area contributed by atoms with Gasteiger partial charge in [-0.25, -0.2) is 4.98 Å². The van der Waals surface area contributed by atoms with Crippen LogP contribution in [0.3, 0.4) is 0 Å². The molecule has 0 aromatic carbocycles. The van der Waals surface area contributed by atoms with Crippen molar-refractivity contribution in [1.82, 2.24) is 9.88 Å². The Labute approximate surface area is 127 Å². The molecule has 0 N–H and O–H groups in total. The maximum atomic E-state index is 12.5. The van der Waals surface area contributed by atoms with E-state index >= 15 is 0 Å². The third-order valence-corrected chi connectivity index (χ3v) is 3.29. The maximum Gasteiger partial charge on any atom is 0.307 e. The van der Waals surface area contributed by atoms with Crippen LogP contribution < -0.4 is 0 Å². The predicted octanol–water partition coefficient (Wildman–Crippen LogP) is 2.51. The van der Waals surface area contributed by atoms with Crippen LogP contribution in [-0.4, -0.2) is 42.0 Å². The molecule has 5 nitrogen and oxygen atoms in total. The van der Waals surface area contributed by atoms with Gasteiger partial charge in [0.25, 0.3) is 5.91 Å². The highest BCUT2D eigenvalue weighted by Gasteiger charge is 2.21. The first-order chi connectivity index (χ1) is 9.45. The van der Waals surface area contributed by atoms with E-state index in [2.05, 4.69) is 25.7 Å². The van der Waals surface area contributed by atoms with E-state index in [1.165, 1.54) is 7.11 Å². The number of rotatable bonds is 6. The molecule has 0 saturated carbocycles. The molecule has 0 saturated heterocycles. The highest BCUT2D eigenvalue weighted by atomic mass is 79.9. The van der Waals surface area contributed by atoms with Crippen LogP contribution in [0, 0.1) is 5.92 Å². The number of hydrogen-bond donors (Lipinski definition) is 0. The second kappa shape index (κ2) is 7.99. The molecule has 6 heteroatoms. The number of aromatic nitrogens is 1. The minimum absolute atomic E-state index is 0.180. The summed E-state index contributed by atoms with van der Waals surface area (Å²) in [5.74, 6) is -0.208. The van der Waals surface area contributed by atoms with Gasteiger partial charge < -0.3 is 9.64 Å². The molecule has 0 aliphatic heterocycles. The van der Waals surface area contributed by atoms with Crippen molar-refractivity contribution < 1.29 is 14.3 Å². The summed E-state index contributed by atoms with van der Waals surface area (Å²) in [4.78, 5) is 29.5. The van der Waals surface area contributed by atoms with E-state index in [9.17, 15) is 9.59 Å². The lowest BCUT2D eigenvalue weighted by atomic mass is 10.2. The first kappa shape index (κ1) is 16.6. The van der Waals surface area contributed by atoms with Crippen LogP contribution >= 0.6 is 15.9 Å². The van der Waals surface area contributed by atoms with Gasteiger partial charge in [0.15, 0.2) is 0 Å². The summed E-state index contributed by atoms with van der Waals surface area (Å²) >= 11 is 3.32. The van der Waals surface area contributed by atoms with E-state index < -0.39 is 0 Å². The van der Waals surface area contributed by atoms with Crippen LogP contribution in [0.4, 0.5) is 0 Å². The van der Waals surface area contributed by atoms with E-state index in [4.69, 9.17) is 0 Å². The number of methoxy groups -OCH3 is 1. The number of amides is 1. The number of hydrogen-bond acceptors (Lipinski definition) is 4. The van der Waals surface area contributed by atoms with E-state index in [-0.39, 0.29) is 18.3 Å². The van der Waals surface area contributed by atoms with E-state index in [1.54, 1.807) is 23.2 Å². The Morgan fingerprint density at radius 3 is 2.70 bits per heavy atom. The quantitative estimate of drug-likeness (QED) is 0.745. The maximum absolute atomic E-state index is 12.5. The highest BCUT2D eigenvalue weighted by Crippen LogP contribution is 2.16. The van der Waals surface area contributed by atoms with Crippen molar-refractivity contribution in [1.29, 1.82) is 0 Å². The number of nitrogens with zero attached hydrogens (tertiary/aromatic N) is 2. The number of esters is 1. The summed E-state index contributed by atoms with van der Waals surface area (Å²) in [5, 5.41) is 0. The van der Waals surface area contributed by atoms with Crippen LogP contribution in [0.15, 0.2) is 22.8 Å². The molecule has 110 valence electrons. The van der Waals surface area contributed by atoms with Gasteiger partial charge in [0.2, 0.25) is 0 Å². The molecular formula is C14H19BrN2O3. The highest BCUT2D eigenvalue weighted by molar-refractivity contribution is 9.10. The topological polar surface area (TPSA) is 59.5 Å². The lowest BCUT2D eigenvalue weighted by Gasteiger charge is -2.24. The summed E-state index contributed by atoms with van der Waals surface area (Å²) in [6.07, 6.45) is 1.76. The molecule has 0 radical (unpaired) electrons. The Morgan fingerprint density at radius 2 is 2.15 bits per heavy atom. The SMILES string of the molecule is COC(=O)CCN(CC(C)C)C(=O)c1ncccc1Br. The molecule has 1 aromatic heterocycles. The molecule has 1 heterocycles. The van der Waals surface area contributed by atoms with E-state index in [1.807, 2.05) is 13.8 Å². The third-order valence-electron chi connectivity index (χ3n) is 2.65. The van der Waals surface area contributed by atoms with Crippen molar-refractivity contribution in [2.24, 2.45) is 5.92 Å². The largest absolute Gasteiger partial charge is 0.469 e. The van der Waals surface area contributed by atoms with Gasteiger partial charge >= 0.3 is 5.97 Å². The zero-order chi connectivity index (χ0) is 15.1. The fourth-order valence-electron chi connectivity index (χ4n) is 1.74. The van der Waals surface area contributed by atoms with Crippen LogP contribution in [0.1, 0.15) is 30.8 Å². The van der Waals surface area contributed by atoms with Crippen molar-refractivity contribution >= 4 is 27.8 Å². The van der Waals surface area contributed by atoms with Gasteiger partial charge in [-0.3, -0.25) is 9.59 Å². The molecule has 20 heavy (non-hydrogen) atoms. The number of halogens is 1. The Hall–Kier alpha value is -1.43. The molecule has 0 fully saturated rings.